The van der Waals surface area contributed by atoms with Gasteiger partial charge in [0.2, 0.25) is 0 Å². The van der Waals surface area contributed by atoms with Gasteiger partial charge in [-0.25, -0.2) is 12.8 Å². The summed E-state index contributed by atoms with van der Waals surface area (Å²) in [6.07, 6.45) is 5.68. The van der Waals surface area contributed by atoms with Crippen molar-refractivity contribution in [2.75, 3.05) is 11.9 Å². The Bertz CT molecular complexity index is 1780. The van der Waals surface area contributed by atoms with Crippen molar-refractivity contribution in [3.05, 3.63) is 80.1 Å². The van der Waals surface area contributed by atoms with Crippen LogP contribution in [0.5, 0.6) is 0 Å². The van der Waals surface area contributed by atoms with Crippen molar-refractivity contribution in [1.29, 1.82) is 0 Å². The van der Waals surface area contributed by atoms with Gasteiger partial charge in [0.15, 0.2) is 9.84 Å². The van der Waals surface area contributed by atoms with Gasteiger partial charge >= 0.3 is 0 Å². The Labute approximate surface area is 266 Å². The molecule has 6 rings (SSSR count). The number of nitrogens with one attached hydrogen (secondary N) is 2. The Balaban J connectivity index is 1.28. The second kappa shape index (κ2) is 12.0. The topological polar surface area (TPSA) is 99.3 Å². The Hall–Kier alpha value is -3.14. The van der Waals surface area contributed by atoms with Crippen LogP contribution in [0.2, 0.25) is 10.0 Å². The van der Waals surface area contributed by atoms with Crippen LogP contribution < -0.4 is 5.32 Å². The molecule has 1 unspecified atom stereocenters. The fourth-order valence-corrected chi connectivity index (χ4v) is 9.06. The van der Waals surface area contributed by atoms with Gasteiger partial charge < -0.3 is 15.2 Å². The predicted octanol–water partition coefficient (Wildman–Crippen LogP) is 7.54. The van der Waals surface area contributed by atoms with Crippen LogP contribution in [0.15, 0.2) is 41.3 Å². The zero-order valence-corrected chi connectivity index (χ0v) is 26.9. The number of hydrogen-bond donors (Lipinski definition) is 2. The summed E-state index contributed by atoms with van der Waals surface area (Å²) < 4.78 is 40.6. The zero-order chi connectivity index (χ0) is 31.3. The zero-order valence-electron chi connectivity index (χ0n) is 24.6. The molecule has 1 saturated heterocycles. The van der Waals surface area contributed by atoms with Crippen LogP contribution in [0.1, 0.15) is 77.0 Å². The lowest BCUT2D eigenvalue weighted by Gasteiger charge is -2.27. The highest BCUT2D eigenvalue weighted by molar-refractivity contribution is 7.90. The molecule has 2 fully saturated rings. The summed E-state index contributed by atoms with van der Waals surface area (Å²) in [6.45, 7) is 4.36. The van der Waals surface area contributed by atoms with E-state index in [0.29, 0.717) is 64.6 Å². The molecule has 3 heterocycles. The van der Waals surface area contributed by atoms with E-state index in [9.17, 15) is 22.4 Å². The summed E-state index contributed by atoms with van der Waals surface area (Å²) in [5.74, 6) is -0.502. The first-order valence-electron chi connectivity index (χ1n) is 14.9. The molecule has 1 aliphatic carbocycles. The molecular formula is C33H34Cl2FN3O4S. The average molecular weight is 659 g/mol. The number of nitrogens with zero attached hydrogens (tertiary/aromatic N) is 1. The number of carbonyl (C=O) groups is 2. The number of benzene rings is 2. The summed E-state index contributed by atoms with van der Waals surface area (Å²) in [7, 11) is -3.86. The maximum Gasteiger partial charge on any atom is 0.256 e. The van der Waals surface area contributed by atoms with Crippen molar-refractivity contribution in [2.45, 2.75) is 75.2 Å². The number of rotatable bonds is 7. The molecule has 0 spiro atoms. The van der Waals surface area contributed by atoms with Crippen molar-refractivity contribution < 1.29 is 22.4 Å². The highest BCUT2D eigenvalue weighted by Gasteiger charge is 2.36. The first-order chi connectivity index (χ1) is 20.9. The van der Waals surface area contributed by atoms with Gasteiger partial charge in [-0.2, -0.15) is 0 Å². The summed E-state index contributed by atoms with van der Waals surface area (Å²) in [5, 5.41) is 3.32. The molecule has 0 bridgehead atoms. The lowest BCUT2D eigenvalue weighted by molar-refractivity contribution is -0.110. The molecule has 1 aromatic heterocycles. The van der Waals surface area contributed by atoms with E-state index in [2.05, 4.69) is 10.3 Å². The van der Waals surface area contributed by atoms with Gasteiger partial charge in [0.05, 0.1) is 21.8 Å². The molecule has 3 aromatic rings. The lowest BCUT2D eigenvalue weighted by atomic mass is 9.96. The van der Waals surface area contributed by atoms with Crippen LogP contribution in [0.3, 0.4) is 0 Å². The molecule has 1 saturated carbocycles. The summed E-state index contributed by atoms with van der Waals surface area (Å²) in [5.41, 5.74) is 4.13. The van der Waals surface area contributed by atoms with E-state index in [1.54, 1.807) is 30.3 Å². The number of likely N-dealkylation sites (tertiary alicyclic amines) is 1. The van der Waals surface area contributed by atoms with E-state index in [1.165, 1.54) is 12.1 Å². The average Bonchev–Trinajstić information content (AvgIpc) is 3.73. The quantitative estimate of drug-likeness (QED) is 0.256. The summed E-state index contributed by atoms with van der Waals surface area (Å²) in [4.78, 5) is 32.2. The normalized spacial score (nSPS) is 22.6. The molecule has 11 heteroatoms. The van der Waals surface area contributed by atoms with E-state index in [-0.39, 0.29) is 38.4 Å². The number of hydrogen-bond acceptors (Lipinski definition) is 4. The summed E-state index contributed by atoms with van der Waals surface area (Å²) in [6, 6.07) is 9.43. The van der Waals surface area contributed by atoms with E-state index < -0.39 is 21.8 Å². The van der Waals surface area contributed by atoms with Crippen molar-refractivity contribution in [2.24, 2.45) is 5.92 Å². The van der Waals surface area contributed by atoms with Crippen LogP contribution in [0.4, 0.5) is 10.1 Å². The van der Waals surface area contributed by atoms with Gasteiger partial charge in [-0.05, 0) is 100 Å². The predicted molar refractivity (Wildman–Crippen MR) is 171 cm³/mol. The third kappa shape index (κ3) is 5.82. The number of H-pyrrole nitrogens is 1. The lowest BCUT2D eigenvalue weighted by Crippen LogP contribution is -2.37. The molecule has 2 aromatic carbocycles. The Morgan fingerprint density at radius 3 is 2.57 bits per heavy atom. The van der Waals surface area contributed by atoms with Gasteiger partial charge in [-0.1, -0.05) is 29.3 Å². The van der Waals surface area contributed by atoms with Crippen LogP contribution in [-0.2, 0) is 20.4 Å². The van der Waals surface area contributed by atoms with Crippen molar-refractivity contribution in [1.82, 2.24) is 9.88 Å². The van der Waals surface area contributed by atoms with Crippen molar-refractivity contribution in [3.63, 3.8) is 0 Å². The van der Waals surface area contributed by atoms with Crippen LogP contribution in [-0.4, -0.2) is 48.9 Å². The van der Waals surface area contributed by atoms with Crippen LogP contribution in [0, 0.1) is 19.8 Å². The number of alkyl halides is 1. The standard InChI is InChI=1S/C33H34Cl2FN3O4S/c1-18-30(37-19(2)31(18)33(41)39-12-4-5-22(39)14-20-8-9-21(36)13-20)16-25-24-15-23(10-11-29(24)38-32(25)40)44(42,43)17-26-27(34)6-3-7-28(26)35/h3,6-7,10-11,15-16,20-22,37H,4-5,8-9,12-14,17H2,1-2H3,(H,38,40)/b25-16-/t20?,21-,22+/m1/s1. The van der Waals surface area contributed by atoms with Gasteiger partial charge in [0.25, 0.3) is 11.8 Å². The molecule has 44 heavy (non-hydrogen) atoms. The van der Waals surface area contributed by atoms with Crippen LogP contribution >= 0.6 is 23.2 Å². The number of halogens is 3. The minimum Gasteiger partial charge on any atom is -0.358 e. The van der Waals surface area contributed by atoms with Crippen LogP contribution in [0.25, 0.3) is 11.6 Å². The Morgan fingerprint density at radius 2 is 1.86 bits per heavy atom. The fraction of sp³-hybridized carbons (Fsp3) is 0.394. The monoisotopic (exact) mass is 657 g/mol. The SMILES string of the molecule is Cc1[nH]c(/C=C2\C(=O)Nc3ccc(S(=O)(=O)Cc4c(Cl)cccc4Cl)cc32)c(C)c1C(=O)N1CCC[C@H]1CC1CC[C@@H](F)C1. The summed E-state index contributed by atoms with van der Waals surface area (Å²) >= 11 is 12.5. The first kappa shape index (κ1) is 30.9. The van der Waals surface area contributed by atoms with E-state index in [0.717, 1.165) is 25.7 Å². The van der Waals surface area contributed by atoms with Crippen molar-refractivity contribution in [3.8, 4) is 0 Å². The molecule has 7 nitrogen and oxygen atoms in total. The maximum absolute atomic E-state index is 13.8. The van der Waals surface area contributed by atoms with E-state index in [1.807, 2.05) is 18.7 Å². The molecule has 0 radical (unpaired) electrons. The highest BCUT2D eigenvalue weighted by Crippen LogP contribution is 2.38. The van der Waals surface area contributed by atoms with Crippen molar-refractivity contribution >= 4 is 62.2 Å². The second-order valence-electron chi connectivity index (χ2n) is 12.1. The number of aryl methyl sites for hydroxylation is 1. The van der Waals surface area contributed by atoms with Gasteiger partial charge in [-0.3, -0.25) is 9.59 Å². The number of sulfone groups is 1. The minimum absolute atomic E-state index is 0.0336. The Morgan fingerprint density at radius 1 is 1.11 bits per heavy atom. The molecular weight excluding hydrogens is 624 g/mol. The Kier molecular flexibility index (Phi) is 8.41. The number of aromatic amines is 1. The van der Waals surface area contributed by atoms with E-state index in [4.69, 9.17) is 23.2 Å². The van der Waals surface area contributed by atoms with Gasteiger partial charge in [0.1, 0.15) is 6.17 Å². The smallest absolute Gasteiger partial charge is 0.256 e. The van der Waals surface area contributed by atoms with E-state index >= 15 is 0 Å². The van der Waals surface area contributed by atoms with Gasteiger partial charge in [0, 0.05) is 50.8 Å². The molecule has 3 aliphatic rings. The van der Waals surface area contributed by atoms with Gasteiger partial charge in [-0.15, -0.1) is 0 Å². The minimum atomic E-state index is -3.86. The largest absolute Gasteiger partial charge is 0.358 e. The number of fused-ring (bicyclic) bond motifs is 1. The highest BCUT2D eigenvalue weighted by atomic mass is 35.5. The molecule has 2 aliphatic heterocycles. The molecule has 3 atom stereocenters. The number of carbonyl (C=O) groups excluding carboxylic acids is 2. The fourth-order valence-electron chi connectivity index (χ4n) is 6.94. The number of anilines is 1. The second-order valence-corrected chi connectivity index (χ2v) is 15.0. The third-order valence-corrected chi connectivity index (χ3v) is 11.6. The molecule has 232 valence electrons. The first-order valence-corrected chi connectivity index (χ1v) is 17.3. The number of aromatic nitrogens is 1. The molecule has 2 N–H and O–H groups in total. The third-order valence-electron chi connectivity index (χ3n) is 9.23. The molecule has 2 amide bonds. The number of amides is 2. The maximum atomic E-state index is 13.8.